The van der Waals surface area contributed by atoms with Crippen LogP contribution in [-0.2, 0) is 39.8 Å². The van der Waals surface area contributed by atoms with Crippen LogP contribution in [0.3, 0.4) is 0 Å². The highest BCUT2D eigenvalue weighted by Gasteiger charge is 2.45. The van der Waals surface area contributed by atoms with Gasteiger partial charge in [-0.2, -0.15) is 5.26 Å². The summed E-state index contributed by atoms with van der Waals surface area (Å²) < 4.78 is 22.4. The molecule has 3 aliphatic heterocycles. The van der Waals surface area contributed by atoms with Gasteiger partial charge in [0.05, 0.1) is 75.4 Å². The Kier molecular flexibility index (Phi) is 15.2. The van der Waals surface area contributed by atoms with E-state index >= 15 is 0 Å². The number of amides is 5. The number of nitrogens with zero attached hydrogens (tertiary/aromatic N) is 6. The van der Waals surface area contributed by atoms with E-state index in [-0.39, 0.29) is 36.5 Å². The molecular formula is C43H53N9O9. The zero-order valence-corrected chi connectivity index (χ0v) is 34.3. The number of nitriles is 1. The highest BCUT2D eigenvalue weighted by atomic mass is 16.6. The fraction of sp³-hybridized carbons (Fsp3) is 0.535. The average molecular weight is 840 g/mol. The number of anilines is 2. The van der Waals surface area contributed by atoms with E-state index < -0.39 is 29.7 Å². The van der Waals surface area contributed by atoms with E-state index in [9.17, 15) is 24.0 Å². The summed E-state index contributed by atoms with van der Waals surface area (Å²) in [4.78, 5) is 77.2. The summed E-state index contributed by atoms with van der Waals surface area (Å²) in [5.74, 6) is -1.35. The minimum absolute atomic E-state index is 0.00407. The first-order valence-corrected chi connectivity index (χ1v) is 21.1. The van der Waals surface area contributed by atoms with Crippen molar-refractivity contribution in [2.75, 3.05) is 96.2 Å². The lowest BCUT2D eigenvalue weighted by molar-refractivity contribution is -0.139. The molecule has 1 aliphatic carbocycles. The number of fused-ring (bicyclic) bond motifs is 2. The summed E-state index contributed by atoms with van der Waals surface area (Å²) in [6, 6.07) is 12.8. The number of carbonyl (C=O) groups excluding carboxylic acids is 5. The van der Waals surface area contributed by atoms with Gasteiger partial charge in [-0.05, 0) is 61.9 Å². The number of ether oxygens (including phenoxy) is 4. The van der Waals surface area contributed by atoms with Gasteiger partial charge < -0.3 is 34.5 Å². The molecule has 3 aromatic rings. The first-order valence-electron chi connectivity index (χ1n) is 21.1. The van der Waals surface area contributed by atoms with Crippen molar-refractivity contribution in [3.63, 3.8) is 0 Å². The van der Waals surface area contributed by atoms with Crippen molar-refractivity contribution in [3.05, 3.63) is 59.4 Å². The lowest BCUT2D eigenvalue weighted by Gasteiger charge is -2.42. The first kappa shape index (κ1) is 43.5. The van der Waals surface area contributed by atoms with Crippen LogP contribution >= 0.6 is 0 Å². The number of piperazine rings is 1. The summed E-state index contributed by atoms with van der Waals surface area (Å²) >= 11 is 0. The summed E-state index contributed by atoms with van der Waals surface area (Å²) in [5, 5.41) is 19.0. The molecule has 0 bridgehead atoms. The van der Waals surface area contributed by atoms with Gasteiger partial charge >= 0.3 is 0 Å². The Labute approximate surface area is 354 Å². The minimum Gasteiger partial charge on any atom is -0.382 e. The normalized spacial score (nSPS) is 20.7. The Balaban J connectivity index is 0.680. The van der Waals surface area contributed by atoms with E-state index in [1.807, 2.05) is 23.1 Å². The van der Waals surface area contributed by atoms with Crippen LogP contribution in [0, 0.1) is 11.3 Å². The Bertz CT molecular complexity index is 2100. The summed E-state index contributed by atoms with van der Waals surface area (Å²) in [5.41, 5.74) is 2.68. The Hall–Kier alpha value is -5.58. The molecule has 4 aliphatic rings. The molecular weight excluding hydrogens is 787 g/mol. The molecule has 0 spiro atoms. The van der Waals surface area contributed by atoms with Gasteiger partial charge in [0.15, 0.2) is 0 Å². The number of imide groups is 2. The van der Waals surface area contributed by atoms with Gasteiger partial charge in [0.25, 0.3) is 11.8 Å². The van der Waals surface area contributed by atoms with Gasteiger partial charge in [0.1, 0.15) is 24.8 Å². The molecule has 4 heterocycles. The standard InChI is InChI=1S/C43H53N9O9/c44-13-12-29-4-9-32-35(26-29)46-28-47-40(32)48-30-5-7-31(8-6-30)50-15-17-51(18-16-50)38(54)27-61-25-24-60-23-22-59-21-20-58-19-14-45-34-3-1-2-33-39(34)43(57)52(42(33)56)36-10-11-37(53)49-41(36)55/h1-4,9,26,28,30-31,36,45H,5-8,10-12,14-25,27H2,(H,46,47,48)(H,49,53,55)/t30-,31-,36?. The molecule has 61 heavy (non-hydrogen) atoms. The van der Waals surface area contributed by atoms with Crippen LogP contribution in [0.15, 0.2) is 42.7 Å². The number of hydrogen-bond acceptors (Lipinski definition) is 15. The van der Waals surface area contributed by atoms with E-state index in [1.54, 1.807) is 24.5 Å². The fourth-order valence-corrected chi connectivity index (χ4v) is 8.36. The van der Waals surface area contributed by atoms with E-state index in [0.717, 1.165) is 66.0 Å². The minimum atomic E-state index is -1.02. The highest BCUT2D eigenvalue weighted by molar-refractivity contribution is 6.25. The number of aromatic nitrogens is 2. The quantitative estimate of drug-likeness (QED) is 0.110. The molecule has 5 amide bonds. The number of benzene rings is 2. The summed E-state index contributed by atoms with van der Waals surface area (Å²) in [6.07, 6.45) is 6.36. The van der Waals surface area contributed by atoms with Crippen LogP contribution in [-0.4, -0.2) is 158 Å². The van der Waals surface area contributed by atoms with Crippen LogP contribution < -0.4 is 16.0 Å². The van der Waals surface area contributed by atoms with Crippen LogP contribution in [0.25, 0.3) is 10.9 Å². The maximum absolute atomic E-state index is 13.2. The zero-order valence-electron chi connectivity index (χ0n) is 34.3. The topological polar surface area (TPSA) is 218 Å². The van der Waals surface area contributed by atoms with Crippen molar-refractivity contribution in [1.82, 2.24) is 30.0 Å². The lowest BCUT2D eigenvalue weighted by Crippen LogP contribution is -2.54. The molecule has 1 saturated carbocycles. The summed E-state index contributed by atoms with van der Waals surface area (Å²) in [7, 11) is 0. The first-order chi connectivity index (χ1) is 29.8. The van der Waals surface area contributed by atoms with E-state index in [4.69, 9.17) is 24.2 Å². The molecule has 7 rings (SSSR count). The van der Waals surface area contributed by atoms with Crippen LogP contribution in [0.2, 0.25) is 0 Å². The smallest absolute Gasteiger partial charge is 0.264 e. The number of rotatable bonds is 20. The maximum Gasteiger partial charge on any atom is 0.264 e. The second-order valence-electron chi connectivity index (χ2n) is 15.5. The Morgan fingerprint density at radius 3 is 2.28 bits per heavy atom. The van der Waals surface area contributed by atoms with Gasteiger partial charge in [0.2, 0.25) is 17.7 Å². The predicted octanol–water partition coefficient (Wildman–Crippen LogP) is 2.14. The molecule has 0 radical (unpaired) electrons. The Morgan fingerprint density at radius 2 is 1.56 bits per heavy atom. The molecule has 1 unspecified atom stereocenters. The Morgan fingerprint density at radius 1 is 0.836 bits per heavy atom. The largest absolute Gasteiger partial charge is 0.382 e. The number of nitrogens with one attached hydrogen (secondary N) is 3. The van der Waals surface area contributed by atoms with Crippen LogP contribution in [0.5, 0.6) is 0 Å². The third-order valence-electron chi connectivity index (χ3n) is 11.6. The number of carbonyl (C=O) groups is 5. The SMILES string of the molecule is N#CCc1ccc2c(N[C@H]3CC[C@H](N4CCN(C(=O)COCCOCCOCCOCCNc5cccc6c5C(=O)N(C5CCC(=O)NC5=O)C6=O)CC4)CC3)ncnc2c1. The van der Waals surface area contributed by atoms with Crippen molar-refractivity contribution in [2.45, 2.75) is 63.1 Å². The van der Waals surface area contributed by atoms with E-state index in [2.05, 4.69) is 36.9 Å². The van der Waals surface area contributed by atoms with Crippen LogP contribution in [0.4, 0.5) is 11.5 Å². The van der Waals surface area contributed by atoms with E-state index in [1.165, 1.54) is 0 Å². The lowest BCUT2D eigenvalue weighted by atomic mass is 9.89. The fourth-order valence-electron chi connectivity index (χ4n) is 8.36. The predicted molar refractivity (Wildman–Crippen MR) is 222 cm³/mol. The molecule has 2 aromatic carbocycles. The number of hydrogen-bond donors (Lipinski definition) is 3. The zero-order chi connectivity index (χ0) is 42.6. The molecule has 324 valence electrons. The molecule has 2 saturated heterocycles. The second-order valence-corrected chi connectivity index (χ2v) is 15.5. The van der Waals surface area contributed by atoms with Crippen molar-refractivity contribution >= 4 is 51.9 Å². The second kappa shape index (κ2) is 21.3. The van der Waals surface area contributed by atoms with Gasteiger partial charge in [-0.1, -0.05) is 12.1 Å². The van der Waals surface area contributed by atoms with Gasteiger partial charge in [-0.3, -0.25) is 39.1 Å². The third-order valence-corrected chi connectivity index (χ3v) is 11.6. The molecule has 3 fully saturated rings. The highest BCUT2D eigenvalue weighted by Crippen LogP contribution is 2.33. The van der Waals surface area contributed by atoms with Crippen molar-refractivity contribution in [2.24, 2.45) is 0 Å². The molecule has 18 heteroatoms. The van der Waals surface area contributed by atoms with Gasteiger partial charge in [-0.25, -0.2) is 9.97 Å². The number of piperidine rings is 1. The molecule has 3 N–H and O–H groups in total. The van der Waals surface area contributed by atoms with Crippen molar-refractivity contribution in [1.29, 1.82) is 5.26 Å². The van der Waals surface area contributed by atoms with Crippen LogP contribution in [0.1, 0.15) is 64.8 Å². The molecule has 18 nitrogen and oxygen atoms in total. The monoisotopic (exact) mass is 839 g/mol. The van der Waals surface area contributed by atoms with E-state index in [0.29, 0.717) is 90.1 Å². The maximum atomic E-state index is 13.2. The van der Waals surface area contributed by atoms with Crippen molar-refractivity contribution < 1.29 is 42.9 Å². The average Bonchev–Trinajstić information content (AvgIpc) is 3.53. The van der Waals surface area contributed by atoms with Gasteiger partial charge in [-0.15, -0.1) is 0 Å². The summed E-state index contributed by atoms with van der Waals surface area (Å²) in [6.45, 7) is 5.96. The van der Waals surface area contributed by atoms with Gasteiger partial charge in [0, 0.05) is 62.3 Å². The molecule has 1 aromatic heterocycles. The molecule has 1 atom stereocenters. The third kappa shape index (κ3) is 11.0. The van der Waals surface area contributed by atoms with Crippen molar-refractivity contribution in [3.8, 4) is 6.07 Å².